The van der Waals surface area contributed by atoms with E-state index in [9.17, 15) is 4.79 Å². The van der Waals surface area contributed by atoms with Gasteiger partial charge in [-0.2, -0.15) is 0 Å². The van der Waals surface area contributed by atoms with Gasteiger partial charge in [0.25, 0.3) is 0 Å². The van der Waals surface area contributed by atoms with Gasteiger partial charge in [-0.05, 0) is 6.42 Å². The number of amides is 1. The fraction of sp³-hybridized carbons (Fsp3) is 0.900. The first kappa shape index (κ1) is 21.0. The highest BCUT2D eigenvalue weighted by Gasteiger charge is 2.09. The van der Waals surface area contributed by atoms with Crippen LogP contribution >= 0.6 is 0 Å². The van der Waals surface area contributed by atoms with Crippen molar-refractivity contribution in [3.8, 4) is 0 Å². The largest absolute Gasteiger partial charge is 0.479 e. The molecule has 0 saturated carbocycles. The molecule has 140 valence electrons. The lowest BCUT2D eigenvalue weighted by molar-refractivity contribution is -0.121. The van der Waals surface area contributed by atoms with Crippen LogP contribution in [0, 0.1) is 0 Å². The minimum absolute atomic E-state index is 0.122. The highest BCUT2D eigenvalue weighted by molar-refractivity contribution is 5.84. The second kappa shape index (κ2) is 15.5. The van der Waals surface area contributed by atoms with Crippen LogP contribution in [0.3, 0.4) is 0 Å². The Morgan fingerprint density at radius 2 is 1.54 bits per heavy atom. The van der Waals surface area contributed by atoms with Crippen molar-refractivity contribution in [3.05, 3.63) is 0 Å². The van der Waals surface area contributed by atoms with Crippen LogP contribution in [0.5, 0.6) is 0 Å². The molecule has 0 saturated heterocycles. The van der Waals surface area contributed by atoms with Crippen LogP contribution < -0.4 is 5.32 Å². The lowest BCUT2D eigenvalue weighted by atomic mass is 10.1. The summed E-state index contributed by atoms with van der Waals surface area (Å²) in [5, 5.41) is 2.99. The molecule has 1 aliphatic rings. The minimum atomic E-state index is 0.122. The average Bonchev–Trinajstić information content (AvgIpc) is 3.10. The lowest BCUT2D eigenvalue weighted by Gasteiger charge is -2.06. The van der Waals surface area contributed by atoms with E-state index in [0.29, 0.717) is 19.4 Å². The van der Waals surface area contributed by atoms with Crippen molar-refractivity contribution < 1.29 is 9.53 Å². The molecule has 24 heavy (non-hydrogen) atoms. The van der Waals surface area contributed by atoms with Crippen LogP contribution in [0.15, 0.2) is 4.99 Å². The van der Waals surface area contributed by atoms with Gasteiger partial charge >= 0.3 is 0 Å². The quantitative estimate of drug-likeness (QED) is 0.402. The highest BCUT2D eigenvalue weighted by atomic mass is 16.5. The first-order valence-electron chi connectivity index (χ1n) is 10.3. The van der Waals surface area contributed by atoms with E-state index in [-0.39, 0.29) is 5.91 Å². The summed E-state index contributed by atoms with van der Waals surface area (Å²) in [6.07, 6.45) is 17.3. The molecule has 4 heteroatoms. The Balaban J connectivity index is 1.74. The fourth-order valence-electron chi connectivity index (χ4n) is 3.03. The minimum Gasteiger partial charge on any atom is -0.479 e. The number of hydrogen-bond donors (Lipinski definition) is 1. The van der Waals surface area contributed by atoms with Crippen molar-refractivity contribution >= 4 is 11.8 Å². The van der Waals surface area contributed by atoms with Crippen molar-refractivity contribution in [2.75, 3.05) is 19.7 Å². The van der Waals surface area contributed by atoms with Crippen molar-refractivity contribution in [3.63, 3.8) is 0 Å². The summed E-state index contributed by atoms with van der Waals surface area (Å²) in [7, 11) is 0. The second-order valence-electron chi connectivity index (χ2n) is 6.86. The Morgan fingerprint density at radius 1 is 0.958 bits per heavy atom. The van der Waals surface area contributed by atoms with Crippen LogP contribution in [-0.2, 0) is 9.53 Å². The molecule has 0 radical (unpaired) electrons. The van der Waals surface area contributed by atoms with Gasteiger partial charge in [-0.25, -0.2) is 0 Å². The van der Waals surface area contributed by atoms with Crippen LogP contribution in [0.1, 0.15) is 96.8 Å². The average molecular weight is 339 g/mol. The molecule has 0 fully saturated rings. The second-order valence-corrected chi connectivity index (χ2v) is 6.86. The van der Waals surface area contributed by atoms with Crippen LogP contribution in [-0.4, -0.2) is 31.5 Å². The smallest absolute Gasteiger partial charge is 0.220 e. The van der Waals surface area contributed by atoms with E-state index in [2.05, 4.69) is 17.2 Å². The van der Waals surface area contributed by atoms with Gasteiger partial charge in [-0.1, -0.05) is 77.6 Å². The van der Waals surface area contributed by atoms with Gasteiger partial charge in [0, 0.05) is 19.4 Å². The van der Waals surface area contributed by atoms with Crippen LogP contribution in [0.25, 0.3) is 0 Å². The number of carbonyl (C=O) groups excluding carboxylic acids is 1. The zero-order valence-corrected chi connectivity index (χ0v) is 15.8. The molecule has 1 N–H and O–H groups in total. The molecule has 1 rings (SSSR count). The van der Waals surface area contributed by atoms with Crippen molar-refractivity contribution in [2.24, 2.45) is 4.99 Å². The SMILES string of the molecule is CCCCCCCCCCCCCCNC(=O)CCC1=NCCO1. The molecule has 0 aromatic carbocycles. The van der Waals surface area contributed by atoms with Gasteiger partial charge in [0.15, 0.2) is 5.90 Å². The topological polar surface area (TPSA) is 50.7 Å². The standard InChI is InChI=1S/C20H38N2O2/c1-2-3-4-5-6-7-8-9-10-11-12-13-16-21-19(23)14-15-20-22-17-18-24-20/h2-18H2,1H3,(H,21,23). The van der Waals surface area contributed by atoms with E-state index < -0.39 is 0 Å². The number of ether oxygens (including phenoxy) is 1. The van der Waals surface area contributed by atoms with Gasteiger partial charge in [0.1, 0.15) is 6.61 Å². The number of unbranched alkanes of at least 4 members (excludes halogenated alkanes) is 11. The molecular weight excluding hydrogens is 300 g/mol. The molecule has 1 aliphatic heterocycles. The molecule has 0 unspecified atom stereocenters. The van der Waals surface area contributed by atoms with E-state index in [1.54, 1.807) is 0 Å². The molecule has 1 amide bonds. The Morgan fingerprint density at radius 3 is 2.08 bits per heavy atom. The lowest BCUT2D eigenvalue weighted by Crippen LogP contribution is -2.24. The van der Waals surface area contributed by atoms with Gasteiger partial charge in [-0.15, -0.1) is 0 Å². The summed E-state index contributed by atoms with van der Waals surface area (Å²) < 4.78 is 5.30. The maximum Gasteiger partial charge on any atom is 0.220 e. The fourth-order valence-corrected chi connectivity index (χ4v) is 3.03. The summed E-state index contributed by atoms with van der Waals surface area (Å²) >= 11 is 0. The summed E-state index contributed by atoms with van der Waals surface area (Å²) in [5.41, 5.74) is 0. The molecule has 0 aromatic heterocycles. The predicted octanol–water partition coefficient (Wildman–Crippen LogP) is 5.01. The molecule has 0 bridgehead atoms. The summed E-state index contributed by atoms with van der Waals surface area (Å²) in [6.45, 7) is 4.50. The third-order valence-electron chi connectivity index (χ3n) is 4.57. The number of hydrogen-bond acceptors (Lipinski definition) is 3. The van der Waals surface area contributed by atoms with E-state index in [4.69, 9.17) is 4.74 Å². The zero-order valence-electron chi connectivity index (χ0n) is 15.8. The Hall–Kier alpha value is -1.06. The van der Waals surface area contributed by atoms with E-state index in [0.717, 1.165) is 25.4 Å². The highest BCUT2D eigenvalue weighted by Crippen LogP contribution is 2.11. The zero-order chi connectivity index (χ0) is 17.3. The molecule has 0 aliphatic carbocycles. The number of carbonyl (C=O) groups is 1. The van der Waals surface area contributed by atoms with Gasteiger partial charge in [-0.3, -0.25) is 9.79 Å². The van der Waals surface area contributed by atoms with E-state index in [1.165, 1.54) is 70.6 Å². The van der Waals surface area contributed by atoms with E-state index in [1.807, 2.05) is 0 Å². The van der Waals surface area contributed by atoms with Crippen molar-refractivity contribution in [2.45, 2.75) is 96.8 Å². The molecule has 0 aromatic rings. The van der Waals surface area contributed by atoms with Gasteiger partial charge in [0.05, 0.1) is 6.54 Å². The Bertz CT molecular complexity index is 343. The van der Waals surface area contributed by atoms with Gasteiger partial charge in [0.2, 0.25) is 5.91 Å². The first-order chi connectivity index (χ1) is 11.8. The molecule has 4 nitrogen and oxygen atoms in total. The number of rotatable bonds is 16. The summed E-state index contributed by atoms with van der Waals surface area (Å²) in [5.74, 6) is 0.867. The van der Waals surface area contributed by atoms with E-state index >= 15 is 0 Å². The third-order valence-corrected chi connectivity index (χ3v) is 4.57. The maximum absolute atomic E-state index is 11.7. The summed E-state index contributed by atoms with van der Waals surface area (Å²) in [4.78, 5) is 15.9. The van der Waals surface area contributed by atoms with Crippen LogP contribution in [0.4, 0.5) is 0 Å². The third kappa shape index (κ3) is 12.4. The summed E-state index contributed by atoms with van der Waals surface area (Å²) in [6, 6.07) is 0. The number of aliphatic imine (C=N–C) groups is 1. The maximum atomic E-state index is 11.7. The Labute approximate surface area is 148 Å². The van der Waals surface area contributed by atoms with Gasteiger partial charge < -0.3 is 10.1 Å². The van der Waals surface area contributed by atoms with Crippen molar-refractivity contribution in [1.29, 1.82) is 0 Å². The normalized spacial score (nSPS) is 13.6. The monoisotopic (exact) mass is 338 g/mol. The number of nitrogens with one attached hydrogen (secondary N) is 1. The molecule has 0 atom stereocenters. The first-order valence-corrected chi connectivity index (χ1v) is 10.3. The predicted molar refractivity (Wildman–Crippen MR) is 102 cm³/mol. The van der Waals surface area contributed by atoms with Crippen LogP contribution in [0.2, 0.25) is 0 Å². The molecule has 1 heterocycles. The Kier molecular flexibility index (Phi) is 13.5. The number of nitrogens with zero attached hydrogens (tertiary/aromatic N) is 1. The molecular formula is C20H38N2O2. The molecule has 0 spiro atoms. The van der Waals surface area contributed by atoms with Crippen molar-refractivity contribution in [1.82, 2.24) is 5.32 Å².